The van der Waals surface area contributed by atoms with Crippen molar-refractivity contribution in [3.63, 3.8) is 0 Å². The van der Waals surface area contributed by atoms with Crippen LogP contribution in [0.1, 0.15) is 51.7 Å². The summed E-state index contributed by atoms with van der Waals surface area (Å²) in [7, 11) is 0. The van der Waals surface area contributed by atoms with Crippen LogP contribution in [0.4, 0.5) is 11.4 Å². The molecule has 1 saturated carbocycles. The molecule has 1 aliphatic rings. The smallest absolute Gasteiger partial charge is 0.331 e. The van der Waals surface area contributed by atoms with Crippen molar-refractivity contribution < 1.29 is 14.3 Å². The monoisotopic (exact) mass is 394 g/mol. The summed E-state index contributed by atoms with van der Waals surface area (Å²) in [4.78, 5) is 24.2. The Morgan fingerprint density at radius 1 is 1.10 bits per heavy atom. The van der Waals surface area contributed by atoms with E-state index in [0.717, 1.165) is 17.5 Å². The van der Waals surface area contributed by atoms with Gasteiger partial charge >= 0.3 is 5.97 Å². The zero-order valence-electron chi connectivity index (χ0n) is 16.4. The molecule has 1 amide bonds. The molecular formula is C24H30N2O3. The molecule has 0 spiro atoms. The van der Waals surface area contributed by atoms with E-state index in [9.17, 15) is 9.59 Å². The van der Waals surface area contributed by atoms with Gasteiger partial charge < -0.3 is 15.8 Å². The molecule has 2 aromatic rings. The number of carbonyl (C=O) groups is 2. The van der Waals surface area contributed by atoms with Gasteiger partial charge in [0.15, 0.2) is 0 Å². The standard InChI is InChI=1S/C23H26N2O3.CH4/c1-23(2,3)28-21(26)13-10-15-8-11-16(12-9-15)17-14-18(17)22(27)25-20-7-5-4-6-19(20)24;/h4-13,17-18H,14,24H2,1-3H3,(H,25,27);1H4/b13-10+;. The van der Waals surface area contributed by atoms with Crippen molar-refractivity contribution in [3.8, 4) is 0 Å². The first-order valence-corrected chi connectivity index (χ1v) is 9.39. The molecule has 3 N–H and O–H groups in total. The van der Waals surface area contributed by atoms with Crippen LogP contribution in [0, 0.1) is 5.92 Å². The average Bonchev–Trinajstić information content (AvgIpc) is 3.42. The maximum Gasteiger partial charge on any atom is 0.331 e. The lowest BCUT2D eigenvalue weighted by atomic mass is 10.1. The molecule has 5 heteroatoms. The van der Waals surface area contributed by atoms with Crippen LogP contribution in [0.2, 0.25) is 0 Å². The second-order valence-electron chi connectivity index (χ2n) is 8.06. The second-order valence-corrected chi connectivity index (χ2v) is 8.06. The molecule has 29 heavy (non-hydrogen) atoms. The third kappa shape index (κ3) is 6.21. The number of para-hydroxylation sites is 2. The van der Waals surface area contributed by atoms with E-state index in [2.05, 4.69) is 5.32 Å². The molecule has 0 aliphatic heterocycles. The zero-order valence-corrected chi connectivity index (χ0v) is 16.4. The molecule has 0 heterocycles. The van der Waals surface area contributed by atoms with Gasteiger partial charge in [-0.25, -0.2) is 4.79 Å². The quantitative estimate of drug-likeness (QED) is 0.425. The number of ether oxygens (including phenoxy) is 1. The number of hydrogen-bond donors (Lipinski definition) is 2. The van der Waals surface area contributed by atoms with E-state index in [1.807, 2.05) is 57.2 Å². The van der Waals surface area contributed by atoms with Crippen LogP contribution in [-0.4, -0.2) is 17.5 Å². The highest BCUT2D eigenvalue weighted by Gasteiger charge is 2.43. The normalized spacial score (nSPS) is 18.0. The number of esters is 1. The van der Waals surface area contributed by atoms with Crippen LogP contribution in [0.3, 0.4) is 0 Å². The second kappa shape index (κ2) is 8.95. The number of nitrogens with two attached hydrogens (primary N) is 1. The van der Waals surface area contributed by atoms with E-state index in [1.165, 1.54) is 6.08 Å². The Kier molecular flexibility index (Phi) is 6.85. The maximum atomic E-state index is 12.4. The summed E-state index contributed by atoms with van der Waals surface area (Å²) in [6.45, 7) is 5.51. The van der Waals surface area contributed by atoms with Gasteiger partial charge in [0, 0.05) is 12.0 Å². The van der Waals surface area contributed by atoms with Crippen LogP contribution >= 0.6 is 0 Å². The van der Waals surface area contributed by atoms with Crippen molar-refractivity contribution in [2.75, 3.05) is 11.1 Å². The van der Waals surface area contributed by atoms with Crippen molar-refractivity contribution in [1.29, 1.82) is 0 Å². The van der Waals surface area contributed by atoms with Gasteiger partial charge in [0.1, 0.15) is 5.60 Å². The van der Waals surface area contributed by atoms with Gasteiger partial charge in [-0.2, -0.15) is 0 Å². The van der Waals surface area contributed by atoms with Gasteiger partial charge in [-0.05, 0) is 62.4 Å². The zero-order chi connectivity index (χ0) is 20.3. The van der Waals surface area contributed by atoms with Crippen molar-refractivity contribution in [2.24, 2.45) is 5.92 Å². The maximum absolute atomic E-state index is 12.4. The molecule has 0 bridgehead atoms. The lowest BCUT2D eigenvalue weighted by Crippen LogP contribution is -2.22. The average molecular weight is 395 g/mol. The summed E-state index contributed by atoms with van der Waals surface area (Å²) < 4.78 is 5.25. The third-order valence-corrected chi connectivity index (χ3v) is 4.53. The van der Waals surface area contributed by atoms with Crippen LogP contribution in [0.15, 0.2) is 54.6 Å². The molecule has 0 radical (unpaired) electrons. The summed E-state index contributed by atoms with van der Waals surface area (Å²) in [5.74, 6) is -0.191. The van der Waals surface area contributed by atoms with Crippen molar-refractivity contribution in [1.82, 2.24) is 0 Å². The number of nitrogens with one attached hydrogen (secondary N) is 1. The number of rotatable bonds is 5. The predicted octanol–water partition coefficient (Wildman–Crippen LogP) is 5.00. The van der Waals surface area contributed by atoms with Crippen molar-refractivity contribution in [3.05, 3.63) is 65.7 Å². The minimum Gasteiger partial charge on any atom is -0.457 e. The summed E-state index contributed by atoms with van der Waals surface area (Å²) in [6, 6.07) is 15.1. The fourth-order valence-corrected chi connectivity index (χ4v) is 3.04. The summed E-state index contributed by atoms with van der Waals surface area (Å²) in [6.07, 6.45) is 3.98. The SMILES string of the molecule is C.CC(C)(C)OC(=O)/C=C/c1ccc(C2CC2C(=O)Nc2ccccc2N)cc1. The fraction of sp³-hybridized carbons (Fsp3) is 0.333. The van der Waals surface area contributed by atoms with E-state index in [-0.39, 0.29) is 31.1 Å². The molecule has 154 valence electrons. The summed E-state index contributed by atoms with van der Waals surface area (Å²) in [5.41, 5.74) is 8.63. The first-order chi connectivity index (χ1) is 13.2. The van der Waals surface area contributed by atoms with Crippen LogP contribution in [0.5, 0.6) is 0 Å². The molecule has 0 saturated heterocycles. The summed E-state index contributed by atoms with van der Waals surface area (Å²) >= 11 is 0. The fourth-order valence-electron chi connectivity index (χ4n) is 3.04. The molecular weight excluding hydrogens is 364 g/mol. The van der Waals surface area contributed by atoms with Gasteiger partial charge in [0.2, 0.25) is 5.91 Å². The molecule has 2 unspecified atom stereocenters. The molecule has 1 fully saturated rings. The molecule has 1 aliphatic carbocycles. The van der Waals surface area contributed by atoms with E-state index in [1.54, 1.807) is 18.2 Å². The van der Waals surface area contributed by atoms with Crippen LogP contribution < -0.4 is 11.1 Å². The Morgan fingerprint density at radius 2 is 1.76 bits per heavy atom. The Morgan fingerprint density at radius 3 is 2.38 bits per heavy atom. The molecule has 2 aromatic carbocycles. The lowest BCUT2D eigenvalue weighted by Gasteiger charge is -2.17. The molecule has 5 nitrogen and oxygen atoms in total. The highest BCUT2D eigenvalue weighted by Crippen LogP contribution is 2.48. The van der Waals surface area contributed by atoms with Crippen molar-refractivity contribution >= 4 is 29.3 Å². The Balaban J connectivity index is 0.00000300. The number of amides is 1. The number of anilines is 2. The molecule has 2 atom stereocenters. The highest BCUT2D eigenvalue weighted by molar-refractivity contribution is 5.97. The van der Waals surface area contributed by atoms with E-state index < -0.39 is 5.60 Å². The molecule has 0 aromatic heterocycles. The number of benzene rings is 2. The number of hydrogen-bond acceptors (Lipinski definition) is 4. The van der Waals surface area contributed by atoms with E-state index in [0.29, 0.717) is 11.4 Å². The van der Waals surface area contributed by atoms with Gasteiger partial charge in [-0.1, -0.05) is 43.8 Å². The van der Waals surface area contributed by atoms with Crippen molar-refractivity contribution in [2.45, 2.75) is 46.1 Å². The first-order valence-electron chi connectivity index (χ1n) is 9.39. The highest BCUT2D eigenvalue weighted by atomic mass is 16.6. The van der Waals surface area contributed by atoms with Gasteiger partial charge in [-0.15, -0.1) is 0 Å². The Labute approximate surface area is 173 Å². The Hall–Kier alpha value is -3.08. The van der Waals surface area contributed by atoms with Gasteiger partial charge in [0.05, 0.1) is 11.4 Å². The lowest BCUT2D eigenvalue weighted by molar-refractivity contribution is -0.148. The number of nitrogen functional groups attached to an aromatic ring is 1. The topological polar surface area (TPSA) is 81.4 Å². The minimum absolute atomic E-state index is 0. The van der Waals surface area contributed by atoms with Gasteiger partial charge in [-0.3, -0.25) is 4.79 Å². The van der Waals surface area contributed by atoms with E-state index >= 15 is 0 Å². The first kappa shape index (κ1) is 22.2. The van der Waals surface area contributed by atoms with E-state index in [4.69, 9.17) is 10.5 Å². The van der Waals surface area contributed by atoms with Crippen LogP contribution in [0.25, 0.3) is 6.08 Å². The molecule has 3 rings (SSSR count). The third-order valence-electron chi connectivity index (χ3n) is 4.53. The summed E-state index contributed by atoms with van der Waals surface area (Å²) in [5, 5.41) is 2.91. The van der Waals surface area contributed by atoms with Crippen LogP contribution in [-0.2, 0) is 14.3 Å². The van der Waals surface area contributed by atoms with Gasteiger partial charge in [0.25, 0.3) is 0 Å². The number of carbonyl (C=O) groups excluding carboxylic acids is 2. The Bertz CT molecular complexity index is 895. The minimum atomic E-state index is -0.503. The predicted molar refractivity (Wildman–Crippen MR) is 118 cm³/mol. The largest absolute Gasteiger partial charge is 0.457 e.